The van der Waals surface area contributed by atoms with E-state index in [0.29, 0.717) is 0 Å². The van der Waals surface area contributed by atoms with Gasteiger partial charge in [0.15, 0.2) is 0 Å². The lowest BCUT2D eigenvalue weighted by atomic mass is 10.1. The Kier molecular flexibility index (Phi) is 3.60. The van der Waals surface area contributed by atoms with Gasteiger partial charge in [0.25, 0.3) is 0 Å². The summed E-state index contributed by atoms with van der Waals surface area (Å²) in [6.45, 7) is 3.76. The van der Waals surface area contributed by atoms with Crippen LogP contribution in [0, 0.1) is 6.92 Å². The Morgan fingerprint density at radius 1 is 1.05 bits per heavy atom. The second kappa shape index (κ2) is 5.54. The third-order valence-electron chi connectivity index (χ3n) is 3.61. The summed E-state index contributed by atoms with van der Waals surface area (Å²) in [6, 6.07) is 15.2. The van der Waals surface area contributed by atoms with Crippen molar-refractivity contribution in [2.45, 2.75) is 38.8 Å². The van der Waals surface area contributed by atoms with Crippen LogP contribution in [-0.4, -0.2) is 4.98 Å². The van der Waals surface area contributed by atoms with Gasteiger partial charge in [-0.2, -0.15) is 0 Å². The van der Waals surface area contributed by atoms with Gasteiger partial charge in [0.1, 0.15) is 0 Å². The SMILES string of the molecule is Cc1cccc(CNCc2ccc(C3CC3)cc2)n1. The largest absolute Gasteiger partial charge is 0.307 e. The van der Waals surface area contributed by atoms with E-state index in [1.807, 2.05) is 13.0 Å². The topological polar surface area (TPSA) is 24.9 Å². The first-order valence-corrected chi connectivity index (χ1v) is 7.03. The summed E-state index contributed by atoms with van der Waals surface area (Å²) >= 11 is 0. The molecule has 1 saturated carbocycles. The standard InChI is InChI=1S/C17H20N2/c1-13-3-2-4-17(19-13)12-18-11-14-5-7-15(8-6-14)16-9-10-16/h2-8,16,18H,9-12H2,1H3. The van der Waals surface area contributed by atoms with Crippen molar-refractivity contribution in [1.82, 2.24) is 10.3 Å². The molecule has 2 nitrogen and oxygen atoms in total. The van der Waals surface area contributed by atoms with E-state index < -0.39 is 0 Å². The molecular formula is C17H20N2. The number of nitrogens with zero attached hydrogens (tertiary/aromatic N) is 1. The highest BCUT2D eigenvalue weighted by atomic mass is 14.9. The van der Waals surface area contributed by atoms with Crippen LogP contribution in [0.5, 0.6) is 0 Å². The Balaban J connectivity index is 1.51. The van der Waals surface area contributed by atoms with Gasteiger partial charge in [0, 0.05) is 18.8 Å². The van der Waals surface area contributed by atoms with Crippen molar-refractivity contribution in [3.05, 3.63) is 65.0 Å². The average molecular weight is 252 g/mol. The molecular weight excluding hydrogens is 232 g/mol. The maximum atomic E-state index is 4.49. The van der Waals surface area contributed by atoms with Gasteiger partial charge >= 0.3 is 0 Å². The lowest BCUT2D eigenvalue weighted by Gasteiger charge is -2.06. The van der Waals surface area contributed by atoms with E-state index in [1.165, 1.54) is 24.0 Å². The fourth-order valence-electron chi connectivity index (χ4n) is 2.36. The van der Waals surface area contributed by atoms with Crippen LogP contribution in [0.1, 0.15) is 41.3 Å². The number of nitrogens with one attached hydrogen (secondary N) is 1. The summed E-state index contributed by atoms with van der Waals surface area (Å²) in [5.41, 5.74) is 5.03. The third-order valence-corrected chi connectivity index (χ3v) is 3.61. The van der Waals surface area contributed by atoms with Crippen LogP contribution < -0.4 is 5.32 Å². The van der Waals surface area contributed by atoms with Gasteiger partial charge in [-0.05, 0) is 48.9 Å². The minimum atomic E-state index is 0.825. The molecule has 3 rings (SSSR count). The minimum Gasteiger partial charge on any atom is -0.307 e. The highest BCUT2D eigenvalue weighted by Gasteiger charge is 2.22. The van der Waals surface area contributed by atoms with E-state index in [9.17, 15) is 0 Å². The van der Waals surface area contributed by atoms with Gasteiger partial charge in [-0.15, -0.1) is 0 Å². The minimum absolute atomic E-state index is 0.825. The number of hydrogen-bond donors (Lipinski definition) is 1. The zero-order valence-electron chi connectivity index (χ0n) is 11.4. The van der Waals surface area contributed by atoms with Gasteiger partial charge in [-0.1, -0.05) is 30.3 Å². The molecule has 0 bridgehead atoms. The van der Waals surface area contributed by atoms with E-state index in [2.05, 4.69) is 46.7 Å². The van der Waals surface area contributed by atoms with Gasteiger partial charge in [0.2, 0.25) is 0 Å². The Bertz CT molecular complexity index is 541. The van der Waals surface area contributed by atoms with E-state index >= 15 is 0 Å². The molecule has 1 N–H and O–H groups in total. The fraction of sp³-hybridized carbons (Fsp3) is 0.353. The molecule has 1 aliphatic carbocycles. The van der Waals surface area contributed by atoms with Crippen LogP contribution in [0.4, 0.5) is 0 Å². The normalized spacial score (nSPS) is 14.6. The molecule has 0 atom stereocenters. The molecule has 2 aromatic rings. The summed E-state index contributed by atoms with van der Waals surface area (Å²) in [4.78, 5) is 4.49. The van der Waals surface area contributed by atoms with Gasteiger partial charge in [-0.3, -0.25) is 4.98 Å². The molecule has 0 unspecified atom stereocenters. The second-order valence-corrected chi connectivity index (χ2v) is 5.39. The third kappa shape index (κ3) is 3.42. The molecule has 0 amide bonds. The fourth-order valence-corrected chi connectivity index (χ4v) is 2.36. The Hall–Kier alpha value is -1.67. The molecule has 1 aromatic heterocycles. The molecule has 0 aliphatic heterocycles. The van der Waals surface area contributed by atoms with Gasteiger partial charge in [0.05, 0.1) is 5.69 Å². The summed E-state index contributed by atoms with van der Waals surface area (Å²) in [7, 11) is 0. The lowest BCUT2D eigenvalue weighted by Crippen LogP contribution is -2.13. The first-order chi connectivity index (χ1) is 9.31. The molecule has 19 heavy (non-hydrogen) atoms. The maximum Gasteiger partial charge on any atom is 0.0544 e. The molecule has 2 heteroatoms. The van der Waals surface area contributed by atoms with Crippen LogP contribution >= 0.6 is 0 Å². The Morgan fingerprint density at radius 2 is 1.84 bits per heavy atom. The molecule has 1 aliphatic rings. The highest BCUT2D eigenvalue weighted by Crippen LogP contribution is 2.39. The lowest BCUT2D eigenvalue weighted by molar-refractivity contribution is 0.678. The van der Waals surface area contributed by atoms with Crippen LogP contribution in [0.3, 0.4) is 0 Å². The predicted molar refractivity (Wildman–Crippen MR) is 77.9 cm³/mol. The van der Waals surface area contributed by atoms with E-state index in [0.717, 1.165) is 30.4 Å². The van der Waals surface area contributed by atoms with Crippen molar-refractivity contribution in [2.75, 3.05) is 0 Å². The molecule has 0 radical (unpaired) electrons. The number of aryl methyl sites for hydroxylation is 1. The van der Waals surface area contributed by atoms with Crippen molar-refractivity contribution in [3.8, 4) is 0 Å². The second-order valence-electron chi connectivity index (χ2n) is 5.39. The van der Waals surface area contributed by atoms with E-state index in [4.69, 9.17) is 0 Å². The molecule has 1 heterocycles. The zero-order chi connectivity index (χ0) is 13.1. The van der Waals surface area contributed by atoms with E-state index in [1.54, 1.807) is 0 Å². The summed E-state index contributed by atoms with van der Waals surface area (Å²) in [5.74, 6) is 0.846. The summed E-state index contributed by atoms with van der Waals surface area (Å²) in [6.07, 6.45) is 2.74. The van der Waals surface area contributed by atoms with Crippen LogP contribution in [0.25, 0.3) is 0 Å². The van der Waals surface area contributed by atoms with Gasteiger partial charge in [-0.25, -0.2) is 0 Å². The smallest absolute Gasteiger partial charge is 0.0544 e. The number of pyridine rings is 1. The summed E-state index contributed by atoms with van der Waals surface area (Å²) < 4.78 is 0. The number of aromatic nitrogens is 1. The van der Waals surface area contributed by atoms with Crippen molar-refractivity contribution in [1.29, 1.82) is 0 Å². The average Bonchev–Trinajstić information content (AvgIpc) is 3.24. The number of benzene rings is 1. The zero-order valence-corrected chi connectivity index (χ0v) is 11.4. The van der Waals surface area contributed by atoms with Crippen LogP contribution in [0.2, 0.25) is 0 Å². The number of rotatable bonds is 5. The summed E-state index contributed by atoms with van der Waals surface area (Å²) in [5, 5.41) is 3.45. The quantitative estimate of drug-likeness (QED) is 0.880. The molecule has 0 saturated heterocycles. The Labute approximate surface area is 114 Å². The molecule has 0 spiro atoms. The first kappa shape index (κ1) is 12.4. The number of hydrogen-bond acceptors (Lipinski definition) is 2. The van der Waals surface area contributed by atoms with Crippen molar-refractivity contribution >= 4 is 0 Å². The maximum absolute atomic E-state index is 4.49. The monoisotopic (exact) mass is 252 g/mol. The van der Waals surface area contributed by atoms with Crippen molar-refractivity contribution in [2.24, 2.45) is 0 Å². The van der Waals surface area contributed by atoms with Gasteiger partial charge < -0.3 is 5.32 Å². The van der Waals surface area contributed by atoms with Crippen LogP contribution in [0.15, 0.2) is 42.5 Å². The predicted octanol–water partition coefficient (Wildman–Crippen LogP) is 3.56. The highest BCUT2D eigenvalue weighted by molar-refractivity contribution is 5.28. The molecule has 1 aromatic carbocycles. The molecule has 98 valence electrons. The van der Waals surface area contributed by atoms with Crippen molar-refractivity contribution in [3.63, 3.8) is 0 Å². The van der Waals surface area contributed by atoms with E-state index in [-0.39, 0.29) is 0 Å². The van der Waals surface area contributed by atoms with Crippen LogP contribution in [-0.2, 0) is 13.1 Å². The van der Waals surface area contributed by atoms with Crippen molar-refractivity contribution < 1.29 is 0 Å². The Morgan fingerprint density at radius 3 is 2.53 bits per heavy atom. The first-order valence-electron chi connectivity index (χ1n) is 7.03. The molecule has 1 fully saturated rings.